The standard InChI is InChI=1S/C14H19Cl2N3O2/c1-3-5-17-13(20)9-19(6-4-2)14(21)10-7-11(15)18-12(16)8-10/h7-8H,3-6,9H2,1-2H3,(H,17,20). The third-order valence-electron chi connectivity index (χ3n) is 2.70. The minimum absolute atomic E-state index is 0.0181. The number of halogens is 2. The molecule has 7 heteroatoms. The Labute approximate surface area is 134 Å². The highest BCUT2D eigenvalue weighted by molar-refractivity contribution is 6.33. The Morgan fingerprint density at radius 1 is 1.19 bits per heavy atom. The van der Waals surface area contributed by atoms with Crippen molar-refractivity contribution >= 4 is 35.0 Å². The van der Waals surface area contributed by atoms with Gasteiger partial charge in [0, 0.05) is 18.7 Å². The normalized spacial score (nSPS) is 10.3. The van der Waals surface area contributed by atoms with Crippen LogP contribution in [0.25, 0.3) is 0 Å². The molecule has 0 saturated carbocycles. The highest BCUT2D eigenvalue weighted by Gasteiger charge is 2.19. The predicted octanol–water partition coefficient (Wildman–Crippen LogP) is 2.77. The number of carbonyl (C=O) groups is 2. The fourth-order valence-electron chi connectivity index (χ4n) is 1.79. The fraction of sp³-hybridized carbons (Fsp3) is 0.500. The van der Waals surface area contributed by atoms with Gasteiger partial charge in [-0.3, -0.25) is 9.59 Å². The minimum atomic E-state index is -0.283. The summed E-state index contributed by atoms with van der Waals surface area (Å²) >= 11 is 11.6. The second-order valence-electron chi connectivity index (χ2n) is 4.58. The second-order valence-corrected chi connectivity index (χ2v) is 5.35. The number of rotatable bonds is 7. The molecule has 0 radical (unpaired) electrons. The molecule has 0 saturated heterocycles. The molecule has 1 aromatic heterocycles. The number of aromatic nitrogens is 1. The van der Waals surface area contributed by atoms with Crippen LogP contribution in [0.2, 0.25) is 10.3 Å². The van der Waals surface area contributed by atoms with Crippen LogP contribution in [-0.4, -0.2) is 41.3 Å². The Hall–Kier alpha value is -1.33. The molecule has 0 aliphatic rings. The van der Waals surface area contributed by atoms with Crippen molar-refractivity contribution in [2.45, 2.75) is 26.7 Å². The van der Waals surface area contributed by atoms with E-state index in [-0.39, 0.29) is 28.7 Å². The topological polar surface area (TPSA) is 62.3 Å². The molecule has 0 aromatic carbocycles. The van der Waals surface area contributed by atoms with Crippen molar-refractivity contribution in [3.8, 4) is 0 Å². The number of carbonyl (C=O) groups excluding carboxylic acids is 2. The first-order valence-corrected chi connectivity index (χ1v) is 7.62. The molecular weight excluding hydrogens is 313 g/mol. The van der Waals surface area contributed by atoms with Crippen LogP contribution in [0.4, 0.5) is 0 Å². The van der Waals surface area contributed by atoms with E-state index in [1.165, 1.54) is 17.0 Å². The van der Waals surface area contributed by atoms with Crippen molar-refractivity contribution in [1.29, 1.82) is 0 Å². The second kappa shape index (κ2) is 8.85. The summed E-state index contributed by atoms with van der Waals surface area (Å²) < 4.78 is 0. The van der Waals surface area contributed by atoms with Crippen LogP contribution in [0, 0.1) is 0 Å². The molecule has 0 fully saturated rings. The molecule has 21 heavy (non-hydrogen) atoms. The van der Waals surface area contributed by atoms with E-state index in [1.54, 1.807) is 0 Å². The third kappa shape index (κ3) is 5.89. The van der Waals surface area contributed by atoms with E-state index in [1.807, 2.05) is 13.8 Å². The zero-order valence-corrected chi connectivity index (χ0v) is 13.7. The van der Waals surface area contributed by atoms with Crippen molar-refractivity contribution < 1.29 is 9.59 Å². The van der Waals surface area contributed by atoms with Gasteiger partial charge in [-0.25, -0.2) is 4.98 Å². The molecule has 0 unspecified atom stereocenters. The van der Waals surface area contributed by atoms with E-state index in [0.29, 0.717) is 18.7 Å². The lowest BCUT2D eigenvalue weighted by atomic mass is 10.2. The quantitative estimate of drug-likeness (QED) is 0.781. The number of hydrogen-bond donors (Lipinski definition) is 1. The van der Waals surface area contributed by atoms with Gasteiger partial charge in [0.25, 0.3) is 5.91 Å². The summed E-state index contributed by atoms with van der Waals surface area (Å²) in [5, 5.41) is 3.05. The van der Waals surface area contributed by atoms with Gasteiger partial charge >= 0.3 is 0 Å². The summed E-state index contributed by atoms with van der Waals surface area (Å²) in [6.07, 6.45) is 1.60. The van der Waals surface area contributed by atoms with Gasteiger partial charge in [0.2, 0.25) is 5.91 Å². The molecule has 0 aliphatic heterocycles. The number of pyridine rings is 1. The lowest BCUT2D eigenvalue weighted by Gasteiger charge is -2.21. The molecule has 1 aromatic rings. The van der Waals surface area contributed by atoms with Crippen molar-refractivity contribution in [3.05, 3.63) is 28.0 Å². The van der Waals surface area contributed by atoms with Gasteiger partial charge in [-0.15, -0.1) is 0 Å². The zero-order valence-electron chi connectivity index (χ0n) is 12.2. The Balaban J connectivity index is 2.83. The summed E-state index contributed by atoms with van der Waals surface area (Å²) in [5.74, 6) is -0.459. The summed E-state index contributed by atoms with van der Waals surface area (Å²) in [7, 11) is 0. The first kappa shape index (κ1) is 17.7. The van der Waals surface area contributed by atoms with Gasteiger partial charge in [-0.1, -0.05) is 37.0 Å². The predicted molar refractivity (Wildman–Crippen MR) is 83.8 cm³/mol. The van der Waals surface area contributed by atoms with Crippen LogP contribution < -0.4 is 5.32 Å². The SMILES string of the molecule is CCCNC(=O)CN(CCC)C(=O)c1cc(Cl)nc(Cl)c1. The number of hydrogen-bond acceptors (Lipinski definition) is 3. The first-order chi connectivity index (χ1) is 9.97. The third-order valence-corrected chi connectivity index (χ3v) is 3.08. The monoisotopic (exact) mass is 331 g/mol. The lowest BCUT2D eigenvalue weighted by Crippen LogP contribution is -2.41. The Kier molecular flexibility index (Phi) is 7.47. The average Bonchev–Trinajstić information content (AvgIpc) is 2.42. The molecule has 5 nitrogen and oxygen atoms in total. The van der Waals surface area contributed by atoms with Crippen LogP contribution in [-0.2, 0) is 4.79 Å². The van der Waals surface area contributed by atoms with E-state index < -0.39 is 0 Å². The molecular formula is C14H19Cl2N3O2. The van der Waals surface area contributed by atoms with Crippen molar-refractivity contribution in [2.75, 3.05) is 19.6 Å². The van der Waals surface area contributed by atoms with E-state index in [0.717, 1.165) is 12.8 Å². The maximum absolute atomic E-state index is 12.4. The largest absolute Gasteiger partial charge is 0.355 e. The van der Waals surface area contributed by atoms with E-state index >= 15 is 0 Å². The highest BCUT2D eigenvalue weighted by atomic mass is 35.5. The molecule has 116 valence electrons. The van der Waals surface area contributed by atoms with E-state index in [9.17, 15) is 9.59 Å². The van der Waals surface area contributed by atoms with E-state index in [2.05, 4.69) is 10.3 Å². The number of amides is 2. The molecule has 0 spiro atoms. The zero-order chi connectivity index (χ0) is 15.8. The molecule has 0 aliphatic carbocycles. The molecule has 0 atom stereocenters. The average molecular weight is 332 g/mol. The van der Waals surface area contributed by atoms with Gasteiger partial charge in [0.05, 0.1) is 6.54 Å². The van der Waals surface area contributed by atoms with Gasteiger partial charge in [0.1, 0.15) is 10.3 Å². The lowest BCUT2D eigenvalue weighted by molar-refractivity contribution is -0.121. The highest BCUT2D eigenvalue weighted by Crippen LogP contribution is 2.16. The number of nitrogens with zero attached hydrogens (tertiary/aromatic N) is 2. The first-order valence-electron chi connectivity index (χ1n) is 6.87. The number of nitrogens with one attached hydrogen (secondary N) is 1. The maximum atomic E-state index is 12.4. The van der Waals surface area contributed by atoms with Crippen molar-refractivity contribution in [2.24, 2.45) is 0 Å². The van der Waals surface area contributed by atoms with Crippen LogP contribution in [0.3, 0.4) is 0 Å². The van der Waals surface area contributed by atoms with Gasteiger partial charge in [0.15, 0.2) is 0 Å². The maximum Gasteiger partial charge on any atom is 0.254 e. The summed E-state index contributed by atoms with van der Waals surface area (Å²) in [6.45, 7) is 5.01. The molecule has 0 bridgehead atoms. The van der Waals surface area contributed by atoms with Crippen LogP contribution in [0.5, 0.6) is 0 Å². The summed E-state index contributed by atoms with van der Waals surface area (Å²) in [4.78, 5) is 29.5. The summed E-state index contributed by atoms with van der Waals surface area (Å²) in [6, 6.07) is 2.89. The summed E-state index contributed by atoms with van der Waals surface area (Å²) in [5.41, 5.74) is 0.330. The molecule has 1 N–H and O–H groups in total. The fourth-order valence-corrected chi connectivity index (χ4v) is 2.25. The van der Waals surface area contributed by atoms with Gasteiger partial charge < -0.3 is 10.2 Å². The molecule has 2 amide bonds. The molecule has 1 rings (SSSR count). The van der Waals surface area contributed by atoms with Crippen molar-refractivity contribution in [3.63, 3.8) is 0 Å². The Bertz CT molecular complexity index is 489. The van der Waals surface area contributed by atoms with Crippen LogP contribution in [0.15, 0.2) is 12.1 Å². The van der Waals surface area contributed by atoms with Gasteiger partial charge in [-0.05, 0) is 25.0 Å². The Morgan fingerprint density at radius 2 is 1.81 bits per heavy atom. The van der Waals surface area contributed by atoms with E-state index in [4.69, 9.17) is 23.2 Å². The van der Waals surface area contributed by atoms with Crippen LogP contribution >= 0.6 is 23.2 Å². The minimum Gasteiger partial charge on any atom is -0.355 e. The molecule has 1 heterocycles. The Morgan fingerprint density at radius 3 is 2.33 bits per heavy atom. The van der Waals surface area contributed by atoms with Gasteiger partial charge in [-0.2, -0.15) is 0 Å². The smallest absolute Gasteiger partial charge is 0.254 e. The van der Waals surface area contributed by atoms with Crippen molar-refractivity contribution in [1.82, 2.24) is 15.2 Å². The van der Waals surface area contributed by atoms with Crippen LogP contribution in [0.1, 0.15) is 37.0 Å².